The number of aromatic nitrogens is 1. The van der Waals surface area contributed by atoms with Crippen molar-refractivity contribution in [1.82, 2.24) is 4.98 Å². The molecule has 1 aromatic heterocycles. The summed E-state index contributed by atoms with van der Waals surface area (Å²) in [5.74, 6) is 0.885. The number of nitrogens with two attached hydrogens (primary N) is 2. The molecule has 0 atom stereocenters. The quantitative estimate of drug-likeness (QED) is 0.892. The number of hydrogen-bond acceptors (Lipinski definition) is 5. The molecule has 96 valence electrons. The molecule has 0 bridgehead atoms. The monoisotopic (exact) mass is 263 g/mol. The Morgan fingerprint density at radius 2 is 2.00 bits per heavy atom. The third-order valence-corrected chi connectivity index (χ3v) is 3.19. The first-order valence-corrected chi connectivity index (χ1v) is 6.58. The molecule has 0 amide bonds. The van der Waals surface area contributed by atoms with Crippen LogP contribution >= 0.6 is 11.3 Å². The van der Waals surface area contributed by atoms with E-state index in [1.54, 1.807) is 0 Å². The van der Waals surface area contributed by atoms with Crippen molar-refractivity contribution >= 4 is 21.5 Å². The van der Waals surface area contributed by atoms with Gasteiger partial charge in [-0.1, -0.05) is 11.3 Å². The summed E-state index contributed by atoms with van der Waals surface area (Å²) in [5, 5.41) is 1.13. The highest BCUT2D eigenvalue weighted by atomic mass is 32.1. The van der Waals surface area contributed by atoms with Gasteiger partial charge in [0.15, 0.2) is 5.13 Å². The van der Waals surface area contributed by atoms with Gasteiger partial charge in [0.25, 0.3) is 0 Å². The van der Waals surface area contributed by atoms with Gasteiger partial charge in [0.05, 0.1) is 6.10 Å². The second-order valence-electron chi connectivity index (χ2n) is 4.41. The molecule has 0 radical (unpaired) electrons. The number of aryl methyl sites for hydroxylation is 1. The summed E-state index contributed by atoms with van der Waals surface area (Å²) in [5.41, 5.74) is 14.3. The van der Waals surface area contributed by atoms with Crippen LogP contribution in [0.5, 0.6) is 5.75 Å². The Morgan fingerprint density at radius 3 is 2.50 bits per heavy atom. The highest BCUT2D eigenvalue weighted by molar-refractivity contribution is 7.19. The Bertz CT molecular complexity index is 563. The van der Waals surface area contributed by atoms with Crippen LogP contribution in [0.2, 0.25) is 0 Å². The Balaban J connectivity index is 2.37. The lowest BCUT2D eigenvalue weighted by Crippen LogP contribution is -2.06. The maximum Gasteiger partial charge on any atom is 0.182 e. The highest BCUT2D eigenvalue weighted by Gasteiger charge is 2.11. The zero-order chi connectivity index (χ0) is 13.3. The molecule has 0 aliphatic heterocycles. The summed E-state index contributed by atoms with van der Waals surface area (Å²) in [6.07, 6.45) is 0.162. The Kier molecular flexibility index (Phi) is 3.43. The zero-order valence-electron chi connectivity index (χ0n) is 10.7. The second kappa shape index (κ2) is 4.86. The molecule has 0 aliphatic carbocycles. The van der Waals surface area contributed by atoms with Crippen LogP contribution in [-0.2, 0) is 0 Å². The fourth-order valence-electron chi connectivity index (χ4n) is 1.74. The van der Waals surface area contributed by atoms with Gasteiger partial charge in [-0.3, -0.25) is 0 Å². The van der Waals surface area contributed by atoms with Crippen molar-refractivity contribution in [3.63, 3.8) is 0 Å². The maximum atomic E-state index is 5.89. The summed E-state index contributed by atoms with van der Waals surface area (Å²) in [6, 6.07) is 5.91. The van der Waals surface area contributed by atoms with Gasteiger partial charge in [0.2, 0.25) is 0 Å². The molecule has 2 rings (SSSR count). The summed E-state index contributed by atoms with van der Waals surface area (Å²) >= 11 is 1.30. The largest absolute Gasteiger partial charge is 0.491 e. The lowest BCUT2D eigenvalue weighted by molar-refractivity contribution is 0.241. The Morgan fingerprint density at radius 1 is 1.28 bits per heavy atom. The number of anilines is 2. The van der Waals surface area contributed by atoms with Gasteiger partial charge in [0, 0.05) is 5.56 Å². The van der Waals surface area contributed by atoms with Crippen molar-refractivity contribution in [2.75, 3.05) is 11.5 Å². The average molecular weight is 263 g/mol. The molecular formula is C13H17N3OS. The Labute approximate surface area is 111 Å². The van der Waals surface area contributed by atoms with Crippen molar-refractivity contribution < 1.29 is 4.74 Å². The number of nitrogen functional groups attached to an aromatic ring is 2. The van der Waals surface area contributed by atoms with Crippen molar-refractivity contribution in [2.24, 2.45) is 0 Å². The van der Waals surface area contributed by atoms with Crippen LogP contribution in [0.4, 0.5) is 10.1 Å². The molecular weight excluding hydrogens is 246 g/mol. The number of thiazole rings is 1. The van der Waals surface area contributed by atoms with Gasteiger partial charge < -0.3 is 16.2 Å². The van der Waals surface area contributed by atoms with E-state index in [4.69, 9.17) is 16.2 Å². The fraction of sp³-hybridized carbons (Fsp3) is 0.308. The molecule has 0 saturated carbocycles. The van der Waals surface area contributed by atoms with Gasteiger partial charge in [-0.15, -0.1) is 0 Å². The molecule has 4 N–H and O–H groups in total. The van der Waals surface area contributed by atoms with E-state index < -0.39 is 0 Å². The summed E-state index contributed by atoms with van der Waals surface area (Å²) in [4.78, 5) is 4.24. The highest BCUT2D eigenvalue weighted by Crippen LogP contribution is 2.34. The number of hydrogen-bond donors (Lipinski definition) is 2. The summed E-state index contributed by atoms with van der Waals surface area (Å²) < 4.78 is 5.70. The van der Waals surface area contributed by atoms with Gasteiger partial charge in [-0.05, 0) is 44.5 Å². The molecule has 1 heterocycles. The van der Waals surface area contributed by atoms with Crippen LogP contribution in [0.1, 0.15) is 19.4 Å². The van der Waals surface area contributed by atoms with Crippen molar-refractivity contribution in [2.45, 2.75) is 26.9 Å². The minimum absolute atomic E-state index is 0.162. The number of ether oxygens (including phenoxy) is 1. The first-order chi connectivity index (χ1) is 8.47. The van der Waals surface area contributed by atoms with Crippen LogP contribution in [0.3, 0.4) is 0 Å². The number of nitrogens with zero attached hydrogens (tertiary/aromatic N) is 1. The summed E-state index contributed by atoms with van der Waals surface area (Å²) in [6.45, 7) is 6.02. The molecule has 2 aromatic rings. The smallest absolute Gasteiger partial charge is 0.182 e. The average Bonchev–Trinajstić information content (AvgIpc) is 2.60. The first kappa shape index (κ1) is 12.7. The normalized spacial score (nSPS) is 10.9. The predicted molar refractivity (Wildman–Crippen MR) is 76.9 cm³/mol. The first-order valence-electron chi connectivity index (χ1n) is 5.77. The van der Waals surface area contributed by atoms with E-state index in [1.165, 1.54) is 11.3 Å². The van der Waals surface area contributed by atoms with Crippen LogP contribution in [0.15, 0.2) is 18.2 Å². The molecule has 0 fully saturated rings. The van der Waals surface area contributed by atoms with Gasteiger partial charge >= 0.3 is 0 Å². The van der Waals surface area contributed by atoms with E-state index >= 15 is 0 Å². The molecule has 18 heavy (non-hydrogen) atoms. The molecule has 0 aliphatic rings. The summed E-state index contributed by atoms with van der Waals surface area (Å²) in [7, 11) is 0. The van der Waals surface area contributed by atoms with Gasteiger partial charge in [0.1, 0.15) is 16.4 Å². The third-order valence-electron chi connectivity index (χ3n) is 2.48. The molecule has 0 saturated heterocycles. The van der Waals surface area contributed by atoms with Crippen LogP contribution in [0, 0.1) is 6.92 Å². The molecule has 0 spiro atoms. The van der Waals surface area contributed by atoms with Crippen LogP contribution < -0.4 is 16.2 Å². The van der Waals surface area contributed by atoms with E-state index in [-0.39, 0.29) is 6.10 Å². The fourth-order valence-corrected chi connectivity index (χ4v) is 2.36. The lowest BCUT2D eigenvalue weighted by atomic mass is 10.1. The number of rotatable bonds is 3. The standard InChI is InChI=1S/C13H17N3OS/c1-7(2)17-10-5-4-9(6-8(10)3)11-12(14)18-13(15)16-11/h4-7H,14H2,1-3H3,(H2,15,16). The van der Waals surface area contributed by atoms with Gasteiger partial charge in [-0.25, -0.2) is 4.98 Å². The molecule has 0 unspecified atom stereocenters. The SMILES string of the molecule is Cc1cc(-c2nc(N)sc2N)ccc1OC(C)C. The van der Waals surface area contributed by atoms with Crippen molar-refractivity contribution in [1.29, 1.82) is 0 Å². The minimum atomic E-state index is 0.162. The minimum Gasteiger partial charge on any atom is -0.491 e. The van der Waals surface area contributed by atoms with Crippen LogP contribution in [0.25, 0.3) is 11.3 Å². The third kappa shape index (κ3) is 2.56. The van der Waals surface area contributed by atoms with E-state index in [0.29, 0.717) is 10.1 Å². The van der Waals surface area contributed by atoms with Crippen LogP contribution in [-0.4, -0.2) is 11.1 Å². The van der Waals surface area contributed by atoms with Crippen molar-refractivity contribution in [3.05, 3.63) is 23.8 Å². The van der Waals surface area contributed by atoms with E-state index in [1.807, 2.05) is 39.0 Å². The molecule has 1 aromatic carbocycles. The second-order valence-corrected chi connectivity index (χ2v) is 5.47. The van der Waals surface area contributed by atoms with E-state index in [9.17, 15) is 0 Å². The zero-order valence-corrected chi connectivity index (χ0v) is 11.5. The predicted octanol–water partition coefficient (Wildman–Crippen LogP) is 3.07. The van der Waals surface area contributed by atoms with Crippen molar-refractivity contribution in [3.8, 4) is 17.0 Å². The van der Waals surface area contributed by atoms with E-state index in [2.05, 4.69) is 4.98 Å². The topological polar surface area (TPSA) is 74.2 Å². The Hall–Kier alpha value is -1.75. The van der Waals surface area contributed by atoms with Gasteiger partial charge in [-0.2, -0.15) is 0 Å². The molecule has 4 nitrogen and oxygen atoms in total. The maximum absolute atomic E-state index is 5.89. The lowest BCUT2D eigenvalue weighted by Gasteiger charge is -2.13. The molecule has 5 heteroatoms. The number of benzene rings is 1. The van der Waals surface area contributed by atoms with E-state index in [0.717, 1.165) is 22.6 Å².